The van der Waals surface area contributed by atoms with Gasteiger partial charge in [0.2, 0.25) is 0 Å². The van der Waals surface area contributed by atoms with E-state index in [1.54, 1.807) is 0 Å². The van der Waals surface area contributed by atoms with Crippen molar-refractivity contribution in [3.8, 4) is 0 Å². The highest BCUT2D eigenvalue weighted by atomic mass is 32.1. The first-order valence-electron chi connectivity index (χ1n) is 8.71. The van der Waals surface area contributed by atoms with Gasteiger partial charge in [0.1, 0.15) is 19.3 Å². The predicted molar refractivity (Wildman–Crippen MR) is 104 cm³/mol. The highest BCUT2D eigenvalue weighted by Gasteiger charge is 2.32. The lowest BCUT2D eigenvalue weighted by Crippen LogP contribution is -2.51. The van der Waals surface area contributed by atoms with E-state index in [2.05, 4.69) is 41.2 Å². The maximum absolute atomic E-state index is 12.7. The van der Waals surface area contributed by atoms with Gasteiger partial charge in [0.25, 0.3) is 5.82 Å². The monoisotopic (exact) mass is 395 g/mol. The first-order chi connectivity index (χ1) is 12.7. The van der Waals surface area contributed by atoms with Crippen LogP contribution in [0.5, 0.6) is 0 Å². The van der Waals surface area contributed by atoms with Gasteiger partial charge in [-0.15, -0.1) is 0 Å². The average molecular weight is 395 g/mol. The number of alkyl halides is 3. The zero-order chi connectivity index (χ0) is 19.6. The van der Waals surface area contributed by atoms with Crippen LogP contribution in [-0.4, -0.2) is 36.2 Å². The molecule has 2 heterocycles. The van der Waals surface area contributed by atoms with Crippen LogP contribution in [0.15, 0.2) is 36.5 Å². The van der Waals surface area contributed by atoms with E-state index in [0.717, 1.165) is 18.0 Å². The SMILES string of the molecule is Cc1ccc(NC(=S)N2CCN(c3ccc(C(F)(F)F)c[nH+]3)CC2)cc1C. The second-order valence-electron chi connectivity index (χ2n) is 6.66. The zero-order valence-electron chi connectivity index (χ0n) is 15.2. The molecule has 1 aliphatic rings. The Kier molecular flexibility index (Phi) is 5.55. The van der Waals surface area contributed by atoms with Crippen LogP contribution >= 0.6 is 12.2 Å². The van der Waals surface area contributed by atoms with Gasteiger partial charge >= 0.3 is 6.18 Å². The van der Waals surface area contributed by atoms with E-state index >= 15 is 0 Å². The van der Waals surface area contributed by atoms with E-state index in [9.17, 15) is 13.2 Å². The van der Waals surface area contributed by atoms with Gasteiger partial charge in [-0.25, -0.2) is 4.98 Å². The molecule has 0 saturated carbocycles. The molecule has 0 amide bonds. The number of aromatic amines is 1. The molecule has 4 nitrogen and oxygen atoms in total. The Morgan fingerprint density at radius 3 is 2.30 bits per heavy atom. The Morgan fingerprint density at radius 1 is 1.04 bits per heavy atom. The molecule has 1 fully saturated rings. The lowest BCUT2D eigenvalue weighted by atomic mass is 10.1. The zero-order valence-corrected chi connectivity index (χ0v) is 16.0. The second kappa shape index (κ2) is 7.72. The third kappa shape index (κ3) is 4.68. The van der Waals surface area contributed by atoms with Crippen LogP contribution in [0.2, 0.25) is 0 Å². The van der Waals surface area contributed by atoms with Crippen molar-refractivity contribution in [1.29, 1.82) is 0 Å². The molecule has 0 radical (unpaired) electrons. The Hall–Kier alpha value is -2.35. The van der Waals surface area contributed by atoms with Crippen LogP contribution in [0, 0.1) is 13.8 Å². The minimum atomic E-state index is -4.33. The minimum absolute atomic E-state index is 0.661. The van der Waals surface area contributed by atoms with E-state index in [0.29, 0.717) is 37.1 Å². The number of nitrogens with zero attached hydrogens (tertiary/aromatic N) is 2. The first-order valence-corrected chi connectivity index (χ1v) is 9.12. The molecule has 0 bridgehead atoms. The molecule has 144 valence electrons. The third-order valence-corrected chi connectivity index (χ3v) is 5.15. The number of H-pyrrole nitrogens is 1. The third-order valence-electron chi connectivity index (χ3n) is 4.79. The highest BCUT2D eigenvalue weighted by Crippen LogP contribution is 2.28. The quantitative estimate of drug-likeness (QED) is 0.787. The van der Waals surface area contributed by atoms with Crippen molar-refractivity contribution >= 4 is 28.8 Å². The molecule has 1 saturated heterocycles. The summed E-state index contributed by atoms with van der Waals surface area (Å²) >= 11 is 5.51. The molecule has 8 heteroatoms. The number of aryl methyl sites for hydroxylation is 2. The molecular formula is C19H22F3N4S+. The average Bonchev–Trinajstić information content (AvgIpc) is 2.64. The van der Waals surface area contributed by atoms with Crippen LogP contribution in [0.3, 0.4) is 0 Å². The van der Waals surface area contributed by atoms with Crippen LogP contribution in [0.4, 0.5) is 24.7 Å². The molecule has 1 aliphatic heterocycles. The first kappa shape index (κ1) is 19.4. The number of benzene rings is 1. The summed E-state index contributed by atoms with van der Waals surface area (Å²) in [6, 6.07) is 8.70. The van der Waals surface area contributed by atoms with Crippen molar-refractivity contribution in [2.24, 2.45) is 0 Å². The van der Waals surface area contributed by atoms with Crippen LogP contribution < -0.4 is 15.2 Å². The molecule has 1 aromatic carbocycles. The molecule has 0 atom stereocenters. The Bertz CT molecular complexity index is 813. The van der Waals surface area contributed by atoms with Gasteiger partial charge in [-0.1, -0.05) is 6.07 Å². The van der Waals surface area contributed by atoms with Crippen LogP contribution in [-0.2, 0) is 6.18 Å². The van der Waals surface area contributed by atoms with Gasteiger partial charge in [-0.05, 0) is 55.4 Å². The largest absolute Gasteiger partial charge is 0.419 e. The van der Waals surface area contributed by atoms with Crippen molar-refractivity contribution < 1.29 is 18.2 Å². The topological polar surface area (TPSA) is 32.6 Å². The molecular weight excluding hydrogens is 373 g/mol. The van der Waals surface area contributed by atoms with Crippen molar-refractivity contribution in [2.75, 3.05) is 36.4 Å². The number of nitrogens with one attached hydrogen (secondary N) is 2. The summed E-state index contributed by atoms with van der Waals surface area (Å²) in [6.07, 6.45) is -3.33. The summed E-state index contributed by atoms with van der Waals surface area (Å²) in [6.45, 7) is 6.88. The summed E-state index contributed by atoms with van der Waals surface area (Å²) in [5, 5.41) is 3.93. The number of hydrogen-bond acceptors (Lipinski definition) is 2. The molecule has 0 spiro atoms. The lowest BCUT2D eigenvalue weighted by molar-refractivity contribution is -0.367. The van der Waals surface area contributed by atoms with Crippen molar-refractivity contribution in [3.05, 3.63) is 53.2 Å². The summed E-state index contributed by atoms with van der Waals surface area (Å²) in [5.74, 6) is 0.677. The lowest BCUT2D eigenvalue weighted by Gasteiger charge is -2.32. The van der Waals surface area contributed by atoms with Crippen LogP contribution in [0.1, 0.15) is 16.7 Å². The second-order valence-corrected chi connectivity index (χ2v) is 7.05. The number of rotatable bonds is 2. The standard InChI is InChI=1S/C19H21F3N4S/c1-13-3-5-16(11-14(13)2)24-18(27)26-9-7-25(8-10-26)17-6-4-15(12-23-17)19(20,21)22/h3-6,11-12H,7-10H2,1-2H3,(H,24,27)/p+1. The van der Waals surface area contributed by atoms with Crippen molar-refractivity contribution in [3.63, 3.8) is 0 Å². The number of piperazine rings is 1. The molecule has 2 N–H and O–H groups in total. The molecule has 0 aliphatic carbocycles. The van der Waals surface area contributed by atoms with Gasteiger partial charge in [0.05, 0.1) is 18.7 Å². The normalized spacial score (nSPS) is 15.0. The number of aromatic nitrogens is 1. The fourth-order valence-electron chi connectivity index (χ4n) is 2.96. The van der Waals surface area contributed by atoms with E-state index in [4.69, 9.17) is 12.2 Å². The fraction of sp³-hybridized carbons (Fsp3) is 0.368. The van der Waals surface area contributed by atoms with Crippen molar-refractivity contribution in [2.45, 2.75) is 20.0 Å². The van der Waals surface area contributed by atoms with Crippen molar-refractivity contribution in [1.82, 2.24) is 4.90 Å². The van der Waals surface area contributed by atoms with E-state index in [1.807, 2.05) is 11.0 Å². The Balaban J connectivity index is 1.56. The van der Waals surface area contributed by atoms with Gasteiger partial charge in [-0.2, -0.15) is 13.2 Å². The van der Waals surface area contributed by atoms with Gasteiger partial charge in [0, 0.05) is 11.8 Å². The summed E-state index contributed by atoms with van der Waals surface area (Å²) in [5.41, 5.74) is 2.71. The maximum atomic E-state index is 12.7. The Labute approximate surface area is 162 Å². The van der Waals surface area contributed by atoms with E-state index in [1.165, 1.54) is 17.2 Å². The molecule has 1 aromatic heterocycles. The van der Waals surface area contributed by atoms with Gasteiger partial charge < -0.3 is 10.2 Å². The van der Waals surface area contributed by atoms with E-state index in [-0.39, 0.29) is 0 Å². The Morgan fingerprint density at radius 2 is 1.74 bits per heavy atom. The molecule has 3 rings (SSSR count). The fourth-order valence-corrected chi connectivity index (χ4v) is 3.26. The number of halogens is 3. The smallest absolute Gasteiger partial charge is 0.341 e. The van der Waals surface area contributed by atoms with Gasteiger partial charge in [0.15, 0.2) is 5.11 Å². The minimum Gasteiger partial charge on any atom is -0.341 e. The molecule has 2 aromatic rings. The molecule has 27 heavy (non-hydrogen) atoms. The van der Waals surface area contributed by atoms with E-state index < -0.39 is 11.7 Å². The number of hydrogen-bond donors (Lipinski definition) is 1. The van der Waals surface area contributed by atoms with Gasteiger partial charge in [-0.3, -0.25) is 4.90 Å². The summed E-state index contributed by atoms with van der Waals surface area (Å²) in [7, 11) is 0. The summed E-state index contributed by atoms with van der Waals surface area (Å²) in [4.78, 5) is 6.85. The maximum Gasteiger partial charge on any atom is 0.419 e. The highest BCUT2D eigenvalue weighted by molar-refractivity contribution is 7.80. The number of anilines is 2. The molecule has 0 unspecified atom stereocenters. The summed E-state index contributed by atoms with van der Waals surface area (Å²) < 4.78 is 38.0. The number of pyridine rings is 1. The predicted octanol–water partition coefficient (Wildman–Crippen LogP) is 3.66. The van der Waals surface area contributed by atoms with Crippen LogP contribution in [0.25, 0.3) is 0 Å². The number of thiocarbonyl (C=S) groups is 1.